The molecular weight excluding hydrogens is 507 g/mol. The second-order valence-electron chi connectivity index (χ2n) is 11.2. The summed E-state index contributed by atoms with van der Waals surface area (Å²) in [5.41, 5.74) is 1.53. The highest BCUT2D eigenvalue weighted by molar-refractivity contribution is 6.09. The zero-order chi connectivity index (χ0) is 27.9. The third kappa shape index (κ3) is 4.55. The summed E-state index contributed by atoms with van der Waals surface area (Å²) in [5, 5.41) is 3.95. The predicted octanol–water partition coefficient (Wildman–Crippen LogP) is 5.83. The van der Waals surface area contributed by atoms with Crippen molar-refractivity contribution in [2.24, 2.45) is 0 Å². The number of amides is 2. The van der Waals surface area contributed by atoms with E-state index in [-0.39, 0.29) is 36.8 Å². The molecule has 1 unspecified atom stereocenters. The highest BCUT2D eigenvalue weighted by Crippen LogP contribution is 2.39. The van der Waals surface area contributed by atoms with Gasteiger partial charge in [0.15, 0.2) is 0 Å². The van der Waals surface area contributed by atoms with Crippen LogP contribution in [-0.2, 0) is 17.9 Å². The van der Waals surface area contributed by atoms with Crippen LogP contribution in [0.5, 0.6) is 5.75 Å². The smallest absolute Gasteiger partial charge is 0.273 e. The van der Waals surface area contributed by atoms with Gasteiger partial charge in [0.25, 0.3) is 5.91 Å². The molecular formula is C32H35FN4O3. The lowest BCUT2D eigenvalue weighted by Gasteiger charge is -2.45. The van der Waals surface area contributed by atoms with Crippen molar-refractivity contribution in [1.82, 2.24) is 19.4 Å². The number of aromatic nitrogens is 2. The number of nitrogens with zero attached hydrogens (tertiary/aromatic N) is 3. The number of nitrogens with one attached hydrogen (secondary N) is 1. The van der Waals surface area contributed by atoms with Crippen molar-refractivity contribution >= 4 is 22.7 Å². The molecule has 6 rings (SSSR count). The van der Waals surface area contributed by atoms with Gasteiger partial charge in [-0.15, -0.1) is 0 Å². The zero-order valence-corrected chi connectivity index (χ0v) is 23.0. The molecule has 2 aromatic carbocycles. The first-order valence-electron chi connectivity index (χ1n) is 14.1. The molecule has 208 valence electrons. The molecule has 0 radical (unpaired) electrons. The Kier molecular flexibility index (Phi) is 6.86. The summed E-state index contributed by atoms with van der Waals surface area (Å²) in [6, 6.07) is 16.0. The Morgan fingerprint density at radius 3 is 2.42 bits per heavy atom. The minimum Gasteiger partial charge on any atom is -0.497 e. The van der Waals surface area contributed by atoms with Crippen LogP contribution in [0.15, 0.2) is 67.0 Å². The lowest BCUT2D eigenvalue weighted by atomic mass is 9.92. The maximum Gasteiger partial charge on any atom is 0.273 e. The quantitative estimate of drug-likeness (QED) is 0.312. The number of halogens is 1. The number of ether oxygens (including phenoxy) is 1. The van der Waals surface area contributed by atoms with Gasteiger partial charge in [-0.2, -0.15) is 0 Å². The molecule has 3 heterocycles. The second kappa shape index (κ2) is 10.5. The first-order valence-corrected chi connectivity index (χ1v) is 14.1. The number of methoxy groups -OCH3 is 1. The van der Waals surface area contributed by atoms with Crippen molar-refractivity contribution < 1.29 is 18.7 Å². The second-order valence-corrected chi connectivity index (χ2v) is 11.2. The molecule has 4 aromatic rings. The molecule has 1 aliphatic carbocycles. The summed E-state index contributed by atoms with van der Waals surface area (Å²) < 4.78 is 23.6. The molecule has 8 heteroatoms. The fourth-order valence-electron chi connectivity index (χ4n) is 6.30. The monoisotopic (exact) mass is 542 g/mol. The predicted molar refractivity (Wildman–Crippen MR) is 152 cm³/mol. The molecule has 1 atom stereocenters. The van der Waals surface area contributed by atoms with Crippen LogP contribution in [-0.4, -0.2) is 44.5 Å². The summed E-state index contributed by atoms with van der Waals surface area (Å²) in [7, 11) is 1.61. The third-order valence-electron chi connectivity index (χ3n) is 8.55. The Balaban J connectivity index is 1.48. The Bertz CT molecular complexity index is 1530. The van der Waals surface area contributed by atoms with Gasteiger partial charge in [0.2, 0.25) is 5.91 Å². The first kappa shape index (κ1) is 26.2. The van der Waals surface area contributed by atoms with Crippen LogP contribution in [0.3, 0.4) is 0 Å². The van der Waals surface area contributed by atoms with Gasteiger partial charge in [-0.1, -0.05) is 37.8 Å². The number of fused-ring (bicyclic) bond motifs is 3. The molecule has 40 heavy (non-hydrogen) atoms. The van der Waals surface area contributed by atoms with Gasteiger partial charge in [-0.25, -0.2) is 4.39 Å². The van der Waals surface area contributed by atoms with Crippen LogP contribution in [0.4, 0.5) is 4.39 Å². The molecule has 2 aromatic heterocycles. The van der Waals surface area contributed by atoms with E-state index in [1.807, 2.05) is 64.8 Å². The van der Waals surface area contributed by atoms with E-state index in [1.54, 1.807) is 18.1 Å². The summed E-state index contributed by atoms with van der Waals surface area (Å²) in [5.74, 6) is -0.0702. The van der Waals surface area contributed by atoms with Crippen LogP contribution in [0.2, 0.25) is 0 Å². The van der Waals surface area contributed by atoms with Crippen molar-refractivity contribution in [2.75, 3.05) is 7.11 Å². The van der Waals surface area contributed by atoms with Crippen LogP contribution in [0, 0.1) is 5.82 Å². The van der Waals surface area contributed by atoms with Gasteiger partial charge in [0.05, 0.1) is 24.9 Å². The van der Waals surface area contributed by atoms with Gasteiger partial charge in [-0.3, -0.25) is 9.59 Å². The number of hydrogen-bond acceptors (Lipinski definition) is 3. The first-order chi connectivity index (χ1) is 19.4. The lowest BCUT2D eigenvalue weighted by molar-refractivity contribution is -0.134. The average molecular weight is 543 g/mol. The molecule has 1 saturated carbocycles. The number of carbonyl (C=O) groups excluding carboxylic acids is 2. The standard InChI is InChI=1S/C32H35FN4O3/c1-32(31(39)34-24-9-5-3-4-6-10-24)21-36-27-16-13-23(33)19-26(27)28(35-17-7-8-18-35)29(36)30(38)37(32)20-22-11-14-25(40-2)15-12-22/h7-8,11-19,24H,3-6,9-10,20-21H2,1-2H3,(H,34,39). The van der Waals surface area contributed by atoms with E-state index < -0.39 is 5.54 Å². The third-order valence-corrected chi connectivity index (χ3v) is 8.55. The Morgan fingerprint density at radius 2 is 1.75 bits per heavy atom. The Hall–Kier alpha value is -4.07. The van der Waals surface area contributed by atoms with Gasteiger partial charge in [0, 0.05) is 30.4 Å². The van der Waals surface area contributed by atoms with E-state index in [4.69, 9.17) is 4.74 Å². The number of benzene rings is 2. The highest BCUT2D eigenvalue weighted by Gasteiger charge is 2.49. The Morgan fingerprint density at radius 1 is 1.05 bits per heavy atom. The largest absolute Gasteiger partial charge is 0.497 e. The SMILES string of the molecule is COc1ccc(CN2C(=O)c3c(-n4cccc4)c4cc(F)ccc4n3CC2(C)C(=O)NC2CCCCCC2)cc1. The molecule has 1 N–H and O–H groups in total. The topological polar surface area (TPSA) is 68.5 Å². The number of carbonyl (C=O) groups is 2. The van der Waals surface area contributed by atoms with E-state index in [2.05, 4.69) is 5.32 Å². The molecule has 0 spiro atoms. The molecule has 1 aliphatic heterocycles. The molecule has 2 aliphatic rings. The summed E-state index contributed by atoms with van der Waals surface area (Å²) in [6.07, 6.45) is 10.2. The molecule has 0 saturated heterocycles. The maximum atomic E-state index is 14.6. The van der Waals surface area contributed by atoms with Gasteiger partial charge in [-0.05, 0) is 67.8 Å². The molecule has 2 amide bonds. The van der Waals surface area contributed by atoms with Crippen molar-refractivity contribution in [2.45, 2.75) is 70.1 Å². The molecule has 0 bridgehead atoms. The summed E-state index contributed by atoms with van der Waals surface area (Å²) in [4.78, 5) is 30.4. The van der Waals surface area contributed by atoms with E-state index in [1.165, 1.54) is 25.0 Å². The minimum atomic E-state index is -1.16. The zero-order valence-electron chi connectivity index (χ0n) is 23.0. The van der Waals surface area contributed by atoms with Crippen LogP contribution < -0.4 is 10.1 Å². The fraction of sp³-hybridized carbons (Fsp3) is 0.375. The normalized spacial score (nSPS) is 19.9. The minimum absolute atomic E-state index is 0.0945. The van der Waals surface area contributed by atoms with Crippen molar-refractivity contribution in [3.8, 4) is 11.4 Å². The van der Waals surface area contributed by atoms with E-state index in [9.17, 15) is 14.0 Å². The lowest BCUT2D eigenvalue weighted by Crippen LogP contribution is -2.64. The number of rotatable bonds is 6. The summed E-state index contributed by atoms with van der Waals surface area (Å²) in [6.45, 7) is 2.36. The van der Waals surface area contributed by atoms with Gasteiger partial charge >= 0.3 is 0 Å². The fourth-order valence-corrected chi connectivity index (χ4v) is 6.30. The van der Waals surface area contributed by atoms with Gasteiger partial charge < -0.3 is 24.1 Å². The van der Waals surface area contributed by atoms with Gasteiger partial charge in [0.1, 0.15) is 22.8 Å². The van der Waals surface area contributed by atoms with Crippen molar-refractivity contribution in [1.29, 1.82) is 0 Å². The summed E-state index contributed by atoms with van der Waals surface area (Å²) >= 11 is 0. The number of hydrogen-bond donors (Lipinski definition) is 1. The van der Waals surface area contributed by atoms with E-state index in [0.29, 0.717) is 16.8 Å². The molecule has 7 nitrogen and oxygen atoms in total. The van der Waals surface area contributed by atoms with Crippen molar-refractivity contribution in [3.05, 3.63) is 84.1 Å². The highest BCUT2D eigenvalue weighted by atomic mass is 19.1. The van der Waals surface area contributed by atoms with Crippen LogP contribution >= 0.6 is 0 Å². The van der Waals surface area contributed by atoms with Crippen LogP contribution in [0.25, 0.3) is 16.6 Å². The maximum absolute atomic E-state index is 14.6. The van der Waals surface area contributed by atoms with E-state index in [0.717, 1.165) is 42.5 Å². The van der Waals surface area contributed by atoms with E-state index >= 15 is 0 Å². The Labute approximate surface area is 233 Å². The van der Waals surface area contributed by atoms with Crippen LogP contribution in [0.1, 0.15) is 61.5 Å². The molecule has 1 fully saturated rings. The average Bonchev–Trinajstić information content (AvgIpc) is 3.50. The van der Waals surface area contributed by atoms with Crippen molar-refractivity contribution in [3.63, 3.8) is 0 Å².